The van der Waals surface area contributed by atoms with Crippen LogP contribution in [-0.4, -0.2) is 37.2 Å². The first-order chi connectivity index (χ1) is 21.5. The molecule has 0 rings (SSSR count). The van der Waals surface area contributed by atoms with E-state index in [0.29, 0.717) is 19.3 Å². The number of carbonyl (C=O) groups excluding carboxylic acids is 3. The summed E-state index contributed by atoms with van der Waals surface area (Å²) in [6, 6.07) is 0. The summed E-state index contributed by atoms with van der Waals surface area (Å²) in [7, 11) is 0. The van der Waals surface area contributed by atoms with Gasteiger partial charge in [-0.25, -0.2) is 0 Å². The van der Waals surface area contributed by atoms with Gasteiger partial charge >= 0.3 is 17.9 Å². The molecule has 0 bridgehead atoms. The zero-order chi connectivity index (χ0) is 32.4. The summed E-state index contributed by atoms with van der Waals surface area (Å²) in [5, 5.41) is 0. The fraction of sp³-hybridized carbons (Fsp3) is 0.816. The van der Waals surface area contributed by atoms with Crippen LogP contribution in [0.2, 0.25) is 0 Å². The van der Waals surface area contributed by atoms with Gasteiger partial charge in [-0.1, -0.05) is 135 Å². The molecule has 0 saturated carbocycles. The topological polar surface area (TPSA) is 78.9 Å². The summed E-state index contributed by atoms with van der Waals surface area (Å²) >= 11 is 0. The van der Waals surface area contributed by atoms with E-state index in [-0.39, 0.29) is 31.1 Å². The minimum absolute atomic E-state index is 0.0770. The van der Waals surface area contributed by atoms with Crippen LogP contribution in [-0.2, 0) is 28.6 Å². The van der Waals surface area contributed by atoms with Gasteiger partial charge in [-0.05, 0) is 51.4 Å². The van der Waals surface area contributed by atoms with Crippen molar-refractivity contribution in [3.63, 3.8) is 0 Å². The Morgan fingerprint density at radius 1 is 0.455 bits per heavy atom. The molecule has 0 aromatic heterocycles. The number of hydrogen-bond donors (Lipinski definition) is 0. The molecule has 6 nitrogen and oxygen atoms in total. The number of rotatable bonds is 32. The van der Waals surface area contributed by atoms with Crippen molar-refractivity contribution >= 4 is 17.9 Å². The second kappa shape index (κ2) is 33.8. The Morgan fingerprint density at radius 2 is 0.818 bits per heavy atom. The van der Waals surface area contributed by atoms with Crippen LogP contribution in [0.1, 0.15) is 181 Å². The molecule has 0 fully saturated rings. The number of allylic oxidation sites excluding steroid dienone is 4. The lowest BCUT2D eigenvalue weighted by atomic mass is 10.1. The molecule has 256 valence electrons. The first-order valence-corrected chi connectivity index (χ1v) is 18.3. The largest absolute Gasteiger partial charge is 0.462 e. The Labute approximate surface area is 271 Å². The van der Waals surface area contributed by atoms with E-state index in [9.17, 15) is 14.4 Å². The lowest BCUT2D eigenvalue weighted by Gasteiger charge is -2.18. The van der Waals surface area contributed by atoms with E-state index in [1.54, 1.807) is 0 Å². The Balaban J connectivity index is 4.17. The number of ether oxygens (including phenoxy) is 3. The van der Waals surface area contributed by atoms with Gasteiger partial charge < -0.3 is 14.2 Å². The highest BCUT2D eigenvalue weighted by Crippen LogP contribution is 2.11. The predicted octanol–water partition coefficient (Wildman–Crippen LogP) is 10.9. The van der Waals surface area contributed by atoms with Gasteiger partial charge in [-0.15, -0.1) is 0 Å². The van der Waals surface area contributed by atoms with Crippen molar-refractivity contribution in [1.82, 2.24) is 0 Å². The Bertz CT molecular complexity index is 729. The van der Waals surface area contributed by atoms with Crippen LogP contribution in [0.15, 0.2) is 24.3 Å². The van der Waals surface area contributed by atoms with Gasteiger partial charge in [0.15, 0.2) is 6.10 Å². The van der Waals surface area contributed by atoms with Crippen LogP contribution in [0.3, 0.4) is 0 Å². The standard InChI is InChI=1S/C38H68O6/c1-4-7-10-13-14-15-16-17-18-19-20-21-22-23-26-28-31-37(40)43-34-35(44-38(41)32-29-25-12-9-6-3)33-42-36(39)30-27-24-11-8-5-2/h15-16,18-19,35H,4-14,17,20-34H2,1-3H3/b16-15-,19-18-. The summed E-state index contributed by atoms with van der Waals surface area (Å²) in [5.41, 5.74) is 0. The molecule has 0 aliphatic carbocycles. The maximum Gasteiger partial charge on any atom is 0.306 e. The van der Waals surface area contributed by atoms with E-state index < -0.39 is 6.10 Å². The molecule has 1 unspecified atom stereocenters. The third-order valence-corrected chi connectivity index (χ3v) is 7.71. The van der Waals surface area contributed by atoms with E-state index in [1.807, 2.05) is 0 Å². The first kappa shape index (κ1) is 41.9. The Hall–Kier alpha value is -2.11. The van der Waals surface area contributed by atoms with Gasteiger partial charge in [0.1, 0.15) is 13.2 Å². The number of unbranched alkanes of at least 4 members (excludes halogenated alkanes) is 17. The average molecular weight is 621 g/mol. The molecule has 0 radical (unpaired) electrons. The molecule has 0 N–H and O–H groups in total. The van der Waals surface area contributed by atoms with Crippen molar-refractivity contribution in [2.45, 2.75) is 187 Å². The summed E-state index contributed by atoms with van der Waals surface area (Å²) in [5.74, 6) is -0.926. The van der Waals surface area contributed by atoms with Crippen molar-refractivity contribution in [3.05, 3.63) is 24.3 Å². The number of carbonyl (C=O) groups is 3. The van der Waals surface area contributed by atoms with Crippen molar-refractivity contribution in [2.75, 3.05) is 13.2 Å². The Kier molecular flexibility index (Phi) is 32.2. The van der Waals surface area contributed by atoms with Crippen LogP contribution in [0.5, 0.6) is 0 Å². The van der Waals surface area contributed by atoms with Crippen molar-refractivity contribution in [2.24, 2.45) is 0 Å². The first-order valence-electron chi connectivity index (χ1n) is 18.3. The maximum absolute atomic E-state index is 12.4. The highest BCUT2D eigenvalue weighted by Gasteiger charge is 2.19. The molecule has 0 aliphatic heterocycles. The van der Waals surface area contributed by atoms with E-state index in [1.165, 1.54) is 44.9 Å². The minimum atomic E-state index is -0.763. The molecular formula is C38H68O6. The van der Waals surface area contributed by atoms with Crippen LogP contribution < -0.4 is 0 Å². The molecule has 44 heavy (non-hydrogen) atoms. The van der Waals surface area contributed by atoms with Gasteiger partial charge in [0.2, 0.25) is 0 Å². The summed E-state index contributed by atoms with van der Waals surface area (Å²) in [6.07, 6.45) is 33.6. The van der Waals surface area contributed by atoms with Gasteiger partial charge in [-0.3, -0.25) is 14.4 Å². The molecule has 1 atom stereocenters. The van der Waals surface area contributed by atoms with Gasteiger partial charge in [0.05, 0.1) is 0 Å². The molecule has 0 saturated heterocycles. The van der Waals surface area contributed by atoms with E-state index >= 15 is 0 Å². The molecule has 0 aromatic carbocycles. The quantitative estimate of drug-likeness (QED) is 0.0322. The van der Waals surface area contributed by atoms with Crippen molar-refractivity contribution in [1.29, 1.82) is 0 Å². The summed E-state index contributed by atoms with van der Waals surface area (Å²) < 4.78 is 16.4. The maximum atomic E-state index is 12.4. The fourth-order valence-corrected chi connectivity index (χ4v) is 4.88. The lowest BCUT2D eigenvalue weighted by molar-refractivity contribution is -0.167. The van der Waals surface area contributed by atoms with Gasteiger partial charge in [-0.2, -0.15) is 0 Å². The van der Waals surface area contributed by atoms with E-state index in [2.05, 4.69) is 45.1 Å². The molecular weight excluding hydrogens is 552 g/mol. The minimum Gasteiger partial charge on any atom is -0.462 e. The normalized spacial score (nSPS) is 12.2. The Morgan fingerprint density at radius 3 is 1.27 bits per heavy atom. The third-order valence-electron chi connectivity index (χ3n) is 7.71. The molecule has 0 aliphatic rings. The third kappa shape index (κ3) is 31.3. The van der Waals surface area contributed by atoms with Gasteiger partial charge in [0.25, 0.3) is 0 Å². The predicted molar refractivity (Wildman–Crippen MR) is 183 cm³/mol. The van der Waals surface area contributed by atoms with Crippen LogP contribution >= 0.6 is 0 Å². The highest BCUT2D eigenvalue weighted by molar-refractivity contribution is 5.71. The van der Waals surface area contributed by atoms with Gasteiger partial charge in [0, 0.05) is 19.3 Å². The zero-order valence-electron chi connectivity index (χ0n) is 28.9. The van der Waals surface area contributed by atoms with E-state index in [4.69, 9.17) is 14.2 Å². The molecule has 0 heterocycles. The zero-order valence-corrected chi connectivity index (χ0v) is 28.9. The number of esters is 3. The van der Waals surface area contributed by atoms with Crippen molar-refractivity contribution in [3.8, 4) is 0 Å². The SMILES string of the molecule is CCCCCC/C=C\C/C=C\CCCCCCCC(=O)OCC(COC(=O)CCCCCCC)OC(=O)CCCCCCC. The molecule has 6 heteroatoms. The van der Waals surface area contributed by atoms with Crippen molar-refractivity contribution < 1.29 is 28.6 Å². The summed E-state index contributed by atoms with van der Waals surface area (Å²) in [6.45, 7) is 6.40. The smallest absolute Gasteiger partial charge is 0.306 e. The van der Waals surface area contributed by atoms with Crippen LogP contribution in [0.4, 0.5) is 0 Å². The lowest BCUT2D eigenvalue weighted by Crippen LogP contribution is -2.30. The fourth-order valence-electron chi connectivity index (χ4n) is 4.88. The van der Waals surface area contributed by atoms with Crippen LogP contribution in [0.25, 0.3) is 0 Å². The highest BCUT2D eigenvalue weighted by atomic mass is 16.6. The van der Waals surface area contributed by atoms with Crippen LogP contribution in [0, 0.1) is 0 Å². The molecule has 0 aromatic rings. The summed E-state index contributed by atoms with van der Waals surface area (Å²) in [4.78, 5) is 36.9. The molecule has 0 amide bonds. The average Bonchev–Trinajstić information content (AvgIpc) is 3.01. The molecule has 0 spiro atoms. The second-order valence-corrected chi connectivity index (χ2v) is 12.1. The second-order valence-electron chi connectivity index (χ2n) is 12.1. The van der Waals surface area contributed by atoms with E-state index in [0.717, 1.165) is 96.3 Å². The monoisotopic (exact) mass is 621 g/mol. The number of hydrogen-bond acceptors (Lipinski definition) is 6.